The molecule has 9 heteroatoms. The number of anilines is 1. The number of carbonyl (C=O) groups excluding carboxylic acids is 2. The maximum atomic E-state index is 12.9. The zero-order chi connectivity index (χ0) is 24.5. The van der Waals surface area contributed by atoms with E-state index in [9.17, 15) is 9.59 Å². The minimum absolute atomic E-state index is 0.0309. The van der Waals surface area contributed by atoms with E-state index < -0.39 is 0 Å². The number of nitrogens with zero attached hydrogens (tertiary/aromatic N) is 3. The molecule has 2 N–H and O–H groups in total. The van der Waals surface area contributed by atoms with Crippen molar-refractivity contribution in [1.82, 2.24) is 20.1 Å². The average molecular weight is 488 g/mol. The van der Waals surface area contributed by atoms with E-state index in [-0.39, 0.29) is 18.0 Å². The maximum Gasteiger partial charge on any atom is 0.322 e. The number of rotatable bonds is 10. The monoisotopic (exact) mass is 487 g/mol. The number of thiazole rings is 1. The lowest BCUT2D eigenvalue weighted by Gasteiger charge is -2.33. The fourth-order valence-corrected chi connectivity index (χ4v) is 4.83. The summed E-state index contributed by atoms with van der Waals surface area (Å²) in [4.78, 5) is 34.1. The van der Waals surface area contributed by atoms with Crippen LogP contribution < -0.4 is 15.4 Å². The first-order valence-electron chi connectivity index (χ1n) is 12.1. The highest BCUT2D eigenvalue weighted by atomic mass is 32.1. The van der Waals surface area contributed by atoms with Gasteiger partial charge >= 0.3 is 6.03 Å². The molecule has 3 amide bonds. The van der Waals surface area contributed by atoms with Gasteiger partial charge in [0.2, 0.25) is 0 Å². The largest absolute Gasteiger partial charge is 0.497 e. The lowest BCUT2D eigenvalue weighted by molar-refractivity contribution is 0.0944. The van der Waals surface area contributed by atoms with Crippen LogP contribution >= 0.6 is 11.3 Å². The zero-order valence-electron chi connectivity index (χ0n) is 20.7. The highest BCUT2D eigenvalue weighted by molar-refractivity contribution is 7.09. The average Bonchev–Trinajstić information content (AvgIpc) is 3.30. The molecular weight excluding hydrogens is 450 g/mol. The van der Waals surface area contributed by atoms with Crippen molar-refractivity contribution in [2.75, 3.05) is 32.1 Å². The molecule has 1 fully saturated rings. The van der Waals surface area contributed by atoms with Gasteiger partial charge in [0, 0.05) is 36.2 Å². The molecule has 0 saturated carbocycles. The fourth-order valence-electron chi connectivity index (χ4n) is 4.06. The summed E-state index contributed by atoms with van der Waals surface area (Å²) < 4.78 is 5.16. The second kappa shape index (κ2) is 12.7. The molecule has 1 atom stereocenters. The van der Waals surface area contributed by atoms with Crippen LogP contribution in [0.4, 0.5) is 10.5 Å². The van der Waals surface area contributed by atoms with Gasteiger partial charge in [-0.3, -0.25) is 4.79 Å². The van der Waals surface area contributed by atoms with Crippen LogP contribution in [0.2, 0.25) is 0 Å². The Labute approximate surface area is 206 Å². The number of piperidine rings is 1. The molecule has 8 nitrogen and oxygen atoms in total. The minimum Gasteiger partial charge on any atom is -0.497 e. The van der Waals surface area contributed by atoms with E-state index in [1.165, 1.54) is 30.6 Å². The lowest BCUT2D eigenvalue weighted by atomic mass is 10.0. The molecule has 0 bridgehead atoms. The Bertz CT molecular complexity index is 931. The van der Waals surface area contributed by atoms with Crippen LogP contribution in [0.1, 0.15) is 62.0 Å². The molecule has 186 valence electrons. The van der Waals surface area contributed by atoms with E-state index in [0.29, 0.717) is 30.5 Å². The molecule has 1 saturated heterocycles. The molecule has 1 unspecified atom stereocenters. The van der Waals surface area contributed by atoms with E-state index in [1.54, 1.807) is 41.7 Å². The van der Waals surface area contributed by atoms with Crippen molar-refractivity contribution >= 4 is 29.0 Å². The Kier molecular flexibility index (Phi) is 9.71. The highest BCUT2D eigenvalue weighted by Crippen LogP contribution is 2.19. The summed E-state index contributed by atoms with van der Waals surface area (Å²) >= 11 is 1.40. The van der Waals surface area contributed by atoms with Crippen molar-refractivity contribution in [1.29, 1.82) is 0 Å². The van der Waals surface area contributed by atoms with Crippen LogP contribution in [-0.4, -0.2) is 65.5 Å². The number of ether oxygens (including phenoxy) is 1. The van der Waals surface area contributed by atoms with E-state index in [4.69, 9.17) is 4.74 Å². The minimum atomic E-state index is -0.215. The second-order valence-corrected chi connectivity index (χ2v) is 9.94. The molecule has 0 spiro atoms. The van der Waals surface area contributed by atoms with Crippen LogP contribution in [0.25, 0.3) is 0 Å². The number of urea groups is 1. The Balaban J connectivity index is 1.48. The van der Waals surface area contributed by atoms with Gasteiger partial charge in [-0.1, -0.05) is 6.42 Å². The first kappa shape index (κ1) is 26.0. The van der Waals surface area contributed by atoms with Crippen molar-refractivity contribution in [2.45, 2.75) is 65.1 Å². The second-order valence-electron chi connectivity index (χ2n) is 9.00. The number of amides is 3. The molecule has 1 aliphatic heterocycles. The fraction of sp³-hybridized carbons (Fsp3) is 0.560. The van der Waals surface area contributed by atoms with E-state index in [0.717, 1.165) is 30.3 Å². The number of aromatic nitrogens is 1. The van der Waals surface area contributed by atoms with Crippen molar-refractivity contribution in [3.63, 3.8) is 0 Å². The summed E-state index contributed by atoms with van der Waals surface area (Å²) in [5.41, 5.74) is 1.10. The quantitative estimate of drug-likeness (QED) is 0.479. The van der Waals surface area contributed by atoms with Gasteiger partial charge in [-0.15, -0.1) is 11.3 Å². The number of hydrogen-bond donors (Lipinski definition) is 2. The summed E-state index contributed by atoms with van der Waals surface area (Å²) in [7, 11) is 1.60. The van der Waals surface area contributed by atoms with E-state index in [2.05, 4.69) is 27.4 Å². The van der Waals surface area contributed by atoms with Crippen molar-refractivity contribution < 1.29 is 14.3 Å². The van der Waals surface area contributed by atoms with Crippen LogP contribution in [0.15, 0.2) is 29.6 Å². The van der Waals surface area contributed by atoms with Gasteiger partial charge in [0.25, 0.3) is 5.91 Å². The van der Waals surface area contributed by atoms with Gasteiger partial charge in [0.05, 0.1) is 13.7 Å². The molecule has 1 aliphatic rings. The normalized spacial score (nSPS) is 16.3. The Morgan fingerprint density at radius 1 is 1.26 bits per heavy atom. The third kappa shape index (κ3) is 7.43. The van der Waals surface area contributed by atoms with Gasteiger partial charge in [-0.05, 0) is 70.8 Å². The summed E-state index contributed by atoms with van der Waals surface area (Å²) in [6, 6.07) is 7.59. The van der Waals surface area contributed by atoms with Crippen LogP contribution in [-0.2, 0) is 6.54 Å². The van der Waals surface area contributed by atoms with Gasteiger partial charge in [-0.25, -0.2) is 9.78 Å². The van der Waals surface area contributed by atoms with Crippen LogP contribution in [0, 0.1) is 0 Å². The third-order valence-electron chi connectivity index (χ3n) is 6.16. The zero-order valence-corrected chi connectivity index (χ0v) is 21.5. The molecule has 1 aromatic heterocycles. The number of nitrogens with one attached hydrogen (secondary N) is 2. The Hall–Kier alpha value is -2.65. The number of methoxy groups -OCH3 is 1. The molecule has 2 aromatic rings. The van der Waals surface area contributed by atoms with Gasteiger partial charge in [-0.2, -0.15) is 0 Å². The van der Waals surface area contributed by atoms with Crippen LogP contribution in [0.3, 0.4) is 0 Å². The molecule has 0 radical (unpaired) electrons. The SMILES string of the molecule is COc1ccc(NC(=O)N(Cc2nc(C(=O)NCCCN3CCCCC3C)cs2)C(C)C)cc1. The summed E-state index contributed by atoms with van der Waals surface area (Å²) in [5, 5.41) is 8.39. The van der Waals surface area contributed by atoms with Crippen LogP contribution in [0.5, 0.6) is 5.75 Å². The van der Waals surface area contributed by atoms with E-state index in [1.807, 2.05) is 13.8 Å². The Morgan fingerprint density at radius 3 is 2.71 bits per heavy atom. The van der Waals surface area contributed by atoms with Crippen molar-refractivity contribution in [3.8, 4) is 5.75 Å². The molecule has 1 aromatic carbocycles. The summed E-state index contributed by atoms with van der Waals surface area (Å²) in [6.07, 6.45) is 4.78. The third-order valence-corrected chi connectivity index (χ3v) is 7.00. The maximum absolute atomic E-state index is 12.9. The molecular formula is C25H37N5O3S. The number of benzene rings is 1. The van der Waals surface area contributed by atoms with Gasteiger partial charge in [0.1, 0.15) is 16.5 Å². The number of hydrogen-bond acceptors (Lipinski definition) is 6. The first-order valence-corrected chi connectivity index (χ1v) is 12.9. The van der Waals surface area contributed by atoms with Gasteiger partial charge in [0.15, 0.2) is 0 Å². The molecule has 2 heterocycles. The molecule has 0 aliphatic carbocycles. The highest BCUT2D eigenvalue weighted by Gasteiger charge is 2.21. The number of likely N-dealkylation sites (tertiary alicyclic amines) is 1. The smallest absolute Gasteiger partial charge is 0.322 e. The summed E-state index contributed by atoms with van der Waals surface area (Å²) in [6.45, 7) is 9.34. The molecule has 3 rings (SSSR count). The molecule has 34 heavy (non-hydrogen) atoms. The summed E-state index contributed by atoms with van der Waals surface area (Å²) in [5.74, 6) is 0.571. The topological polar surface area (TPSA) is 86.8 Å². The van der Waals surface area contributed by atoms with E-state index >= 15 is 0 Å². The standard InChI is InChI=1S/C25H37N5O3S/c1-18(2)30(25(32)27-20-9-11-21(33-4)12-10-20)16-23-28-22(17-34-23)24(31)26-13-7-15-29-14-6-5-8-19(29)3/h9-12,17-19H,5-8,13-16H2,1-4H3,(H,26,31)(H,27,32). The first-order chi connectivity index (χ1) is 16.4. The Morgan fingerprint density at radius 2 is 2.03 bits per heavy atom. The predicted octanol–water partition coefficient (Wildman–Crippen LogP) is 4.59. The van der Waals surface area contributed by atoms with Crippen molar-refractivity contribution in [2.24, 2.45) is 0 Å². The van der Waals surface area contributed by atoms with Gasteiger partial charge < -0.3 is 25.2 Å². The predicted molar refractivity (Wildman–Crippen MR) is 137 cm³/mol. The van der Waals surface area contributed by atoms with Crippen molar-refractivity contribution in [3.05, 3.63) is 40.3 Å². The number of carbonyl (C=O) groups is 2. The lowest BCUT2D eigenvalue weighted by Crippen LogP contribution is -2.39.